The first kappa shape index (κ1) is 16.0. The van der Waals surface area contributed by atoms with E-state index in [1.807, 2.05) is 46.8 Å². The van der Waals surface area contributed by atoms with Crippen LogP contribution in [-0.4, -0.2) is 47.3 Å². The van der Waals surface area contributed by atoms with Crippen molar-refractivity contribution in [2.24, 2.45) is 0 Å². The van der Waals surface area contributed by atoms with Crippen molar-refractivity contribution in [1.29, 1.82) is 0 Å². The van der Waals surface area contributed by atoms with E-state index in [1.165, 1.54) is 0 Å². The Morgan fingerprint density at radius 2 is 1.90 bits per heavy atom. The third kappa shape index (κ3) is 3.44. The molecule has 1 saturated heterocycles. The van der Waals surface area contributed by atoms with Crippen molar-refractivity contribution < 1.29 is 14.6 Å². The number of benzene rings is 1. The second-order valence-electron chi connectivity index (χ2n) is 6.64. The van der Waals surface area contributed by atoms with E-state index < -0.39 is 5.60 Å². The van der Waals surface area contributed by atoms with E-state index in [2.05, 4.69) is 0 Å². The predicted molar refractivity (Wildman–Crippen MR) is 82.6 cm³/mol. The quantitative estimate of drug-likeness (QED) is 0.909. The highest BCUT2D eigenvalue weighted by Gasteiger charge is 2.36. The van der Waals surface area contributed by atoms with E-state index in [4.69, 9.17) is 4.74 Å². The van der Waals surface area contributed by atoms with Crippen molar-refractivity contribution in [2.45, 2.75) is 46.3 Å². The number of aryl methyl sites for hydroxylation is 3. The predicted octanol–water partition coefficient (Wildman–Crippen LogP) is 2.22. The highest BCUT2D eigenvalue weighted by Crippen LogP contribution is 2.25. The molecule has 4 nitrogen and oxygen atoms in total. The molecule has 0 saturated carbocycles. The molecule has 0 radical (unpaired) electrons. The molecule has 0 aliphatic carbocycles. The Morgan fingerprint density at radius 3 is 2.43 bits per heavy atom. The molecule has 1 heterocycles. The van der Waals surface area contributed by atoms with Gasteiger partial charge in [-0.25, -0.2) is 0 Å². The van der Waals surface area contributed by atoms with Gasteiger partial charge in [-0.1, -0.05) is 17.7 Å². The molecule has 4 heteroatoms. The molecule has 1 amide bonds. The van der Waals surface area contributed by atoms with E-state index in [-0.39, 0.29) is 18.6 Å². The third-order valence-electron chi connectivity index (χ3n) is 3.86. The van der Waals surface area contributed by atoms with Crippen molar-refractivity contribution in [3.63, 3.8) is 0 Å². The summed E-state index contributed by atoms with van der Waals surface area (Å²) >= 11 is 0. The van der Waals surface area contributed by atoms with Crippen LogP contribution in [0.5, 0.6) is 0 Å². The fraction of sp³-hybridized carbons (Fsp3) is 0.588. The molecule has 1 unspecified atom stereocenters. The monoisotopic (exact) mass is 291 g/mol. The first-order chi connectivity index (χ1) is 9.73. The largest absolute Gasteiger partial charge is 0.394 e. The van der Waals surface area contributed by atoms with E-state index in [9.17, 15) is 9.90 Å². The number of rotatable bonds is 2. The van der Waals surface area contributed by atoms with Gasteiger partial charge in [0.2, 0.25) is 0 Å². The molecule has 1 atom stereocenters. The van der Waals surface area contributed by atoms with Crippen LogP contribution in [-0.2, 0) is 4.74 Å². The van der Waals surface area contributed by atoms with Crippen molar-refractivity contribution in [3.8, 4) is 0 Å². The van der Waals surface area contributed by atoms with Crippen LogP contribution >= 0.6 is 0 Å². The van der Waals surface area contributed by atoms with Gasteiger partial charge in [-0.05, 0) is 45.7 Å². The molecular formula is C17H25NO3. The van der Waals surface area contributed by atoms with E-state index in [0.717, 1.165) is 22.3 Å². The summed E-state index contributed by atoms with van der Waals surface area (Å²) in [7, 11) is 0. The summed E-state index contributed by atoms with van der Waals surface area (Å²) < 4.78 is 5.77. The van der Waals surface area contributed by atoms with Crippen LogP contribution in [0.1, 0.15) is 40.9 Å². The van der Waals surface area contributed by atoms with Gasteiger partial charge in [0.25, 0.3) is 5.91 Å². The molecule has 2 rings (SSSR count). The van der Waals surface area contributed by atoms with Crippen molar-refractivity contribution in [3.05, 3.63) is 34.4 Å². The lowest BCUT2D eigenvalue weighted by Crippen LogP contribution is -2.55. The minimum absolute atomic E-state index is 0.0276. The highest BCUT2D eigenvalue weighted by molar-refractivity contribution is 5.97. The first-order valence-corrected chi connectivity index (χ1v) is 7.39. The number of hydrogen-bond donors (Lipinski definition) is 1. The summed E-state index contributed by atoms with van der Waals surface area (Å²) in [5, 5.41) is 9.38. The second-order valence-corrected chi connectivity index (χ2v) is 6.64. The number of nitrogens with zero attached hydrogens (tertiary/aromatic N) is 1. The Balaban J connectivity index is 2.31. The van der Waals surface area contributed by atoms with Gasteiger partial charge >= 0.3 is 0 Å². The Bertz CT molecular complexity index is 528. The molecule has 1 aromatic rings. The molecule has 1 N–H and O–H groups in total. The minimum Gasteiger partial charge on any atom is -0.394 e. The minimum atomic E-state index is -0.437. The molecule has 116 valence electrons. The van der Waals surface area contributed by atoms with Gasteiger partial charge in [-0.2, -0.15) is 0 Å². The standard InChI is InChI=1S/C17H25NO3/c1-11-6-12(2)15(13(3)7-11)16(20)18-8-14(9-19)21-17(4,5)10-18/h6-7,14,19H,8-10H2,1-5H3. The lowest BCUT2D eigenvalue weighted by molar-refractivity contribution is -0.139. The van der Waals surface area contributed by atoms with Gasteiger partial charge in [0.05, 0.1) is 18.3 Å². The normalized spacial score (nSPS) is 21.4. The number of carbonyl (C=O) groups is 1. The van der Waals surface area contributed by atoms with E-state index >= 15 is 0 Å². The molecule has 21 heavy (non-hydrogen) atoms. The molecule has 0 aromatic heterocycles. The van der Waals surface area contributed by atoms with Gasteiger partial charge in [0, 0.05) is 18.7 Å². The average Bonchev–Trinajstić information content (AvgIpc) is 2.35. The Labute approximate surface area is 126 Å². The lowest BCUT2D eigenvalue weighted by atomic mass is 9.97. The second kappa shape index (κ2) is 5.78. The summed E-state index contributed by atoms with van der Waals surface area (Å²) in [5.74, 6) is 0.0276. The molecule has 1 aliphatic rings. The van der Waals surface area contributed by atoms with Gasteiger partial charge in [0.1, 0.15) is 0 Å². The van der Waals surface area contributed by atoms with Gasteiger partial charge in [0.15, 0.2) is 0 Å². The van der Waals surface area contributed by atoms with Crippen LogP contribution in [0.25, 0.3) is 0 Å². The maximum absolute atomic E-state index is 12.9. The Kier molecular flexibility index (Phi) is 4.40. The zero-order valence-electron chi connectivity index (χ0n) is 13.6. The summed E-state index contributed by atoms with van der Waals surface area (Å²) in [4.78, 5) is 14.7. The van der Waals surface area contributed by atoms with Crippen LogP contribution in [0.2, 0.25) is 0 Å². The van der Waals surface area contributed by atoms with Gasteiger partial charge in [-0.3, -0.25) is 4.79 Å². The third-order valence-corrected chi connectivity index (χ3v) is 3.86. The number of ether oxygens (including phenoxy) is 1. The molecule has 0 bridgehead atoms. The van der Waals surface area contributed by atoms with Crippen LogP contribution in [0.3, 0.4) is 0 Å². The summed E-state index contributed by atoms with van der Waals surface area (Å²) in [6, 6.07) is 4.07. The number of aliphatic hydroxyl groups is 1. The number of hydrogen-bond acceptors (Lipinski definition) is 3. The number of morpholine rings is 1. The SMILES string of the molecule is Cc1cc(C)c(C(=O)N2CC(CO)OC(C)(C)C2)c(C)c1. The highest BCUT2D eigenvalue weighted by atomic mass is 16.5. The lowest BCUT2D eigenvalue weighted by Gasteiger charge is -2.42. The molecule has 1 aliphatic heterocycles. The topological polar surface area (TPSA) is 49.8 Å². The van der Waals surface area contributed by atoms with Gasteiger partial charge in [-0.15, -0.1) is 0 Å². The number of amides is 1. The first-order valence-electron chi connectivity index (χ1n) is 7.39. The van der Waals surface area contributed by atoms with Crippen molar-refractivity contribution in [2.75, 3.05) is 19.7 Å². The number of aliphatic hydroxyl groups excluding tert-OH is 1. The van der Waals surface area contributed by atoms with Crippen LogP contribution in [0.4, 0.5) is 0 Å². The van der Waals surface area contributed by atoms with Crippen LogP contribution < -0.4 is 0 Å². The zero-order valence-corrected chi connectivity index (χ0v) is 13.6. The van der Waals surface area contributed by atoms with E-state index in [1.54, 1.807) is 4.90 Å². The number of carbonyl (C=O) groups excluding carboxylic acids is 1. The molecular weight excluding hydrogens is 266 g/mol. The van der Waals surface area contributed by atoms with Crippen LogP contribution in [0.15, 0.2) is 12.1 Å². The van der Waals surface area contributed by atoms with E-state index in [0.29, 0.717) is 13.1 Å². The van der Waals surface area contributed by atoms with Crippen LogP contribution in [0, 0.1) is 20.8 Å². The molecule has 0 spiro atoms. The Hall–Kier alpha value is -1.39. The average molecular weight is 291 g/mol. The summed E-state index contributed by atoms with van der Waals surface area (Å²) in [6.07, 6.45) is -0.316. The zero-order chi connectivity index (χ0) is 15.8. The smallest absolute Gasteiger partial charge is 0.254 e. The van der Waals surface area contributed by atoms with Crippen molar-refractivity contribution in [1.82, 2.24) is 4.90 Å². The fourth-order valence-corrected chi connectivity index (χ4v) is 3.22. The fourth-order valence-electron chi connectivity index (χ4n) is 3.22. The van der Waals surface area contributed by atoms with Gasteiger partial charge < -0.3 is 14.7 Å². The maximum atomic E-state index is 12.9. The maximum Gasteiger partial charge on any atom is 0.254 e. The summed E-state index contributed by atoms with van der Waals surface area (Å²) in [5.41, 5.74) is 3.50. The Morgan fingerprint density at radius 1 is 1.33 bits per heavy atom. The molecule has 1 fully saturated rings. The summed E-state index contributed by atoms with van der Waals surface area (Å²) in [6.45, 7) is 10.8. The molecule has 1 aromatic carbocycles. The van der Waals surface area contributed by atoms with Crippen molar-refractivity contribution >= 4 is 5.91 Å².